The molecule has 0 radical (unpaired) electrons. The molecule has 2 rings (SSSR count). The Hall–Kier alpha value is -2.70. The van der Waals surface area contributed by atoms with Gasteiger partial charge < -0.3 is 21.3 Å². The zero-order valence-electron chi connectivity index (χ0n) is 13.9. The van der Waals surface area contributed by atoms with Gasteiger partial charge in [-0.3, -0.25) is 9.59 Å². The van der Waals surface area contributed by atoms with E-state index in [0.717, 1.165) is 5.56 Å². The van der Waals surface area contributed by atoms with Gasteiger partial charge in [-0.25, -0.2) is 0 Å². The van der Waals surface area contributed by atoms with E-state index in [1.165, 1.54) is 0 Å². The third kappa shape index (κ3) is 4.91. The first-order valence-electron chi connectivity index (χ1n) is 7.63. The van der Waals surface area contributed by atoms with Crippen molar-refractivity contribution in [3.8, 4) is 0 Å². The molecule has 0 aliphatic rings. The highest BCUT2D eigenvalue weighted by Gasteiger charge is 2.11. The Balaban J connectivity index is 2.11. The number of nitrogens with two attached hydrogens (primary N) is 1. The highest BCUT2D eigenvalue weighted by molar-refractivity contribution is 6.07. The Kier molecular flexibility index (Phi) is 6.06. The molecule has 0 spiro atoms. The maximum Gasteiger partial charge on any atom is 0.255 e. The van der Waals surface area contributed by atoms with E-state index in [4.69, 9.17) is 5.73 Å². The summed E-state index contributed by atoms with van der Waals surface area (Å²) >= 11 is 0. The number of anilines is 2. The minimum atomic E-state index is -0.243. The molecule has 0 saturated heterocycles. The first-order valence-corrected chi connectivity index (χ1v) is 7.63. The standard InChI is InChI=1S/C18H22N4O2/c1-22(2)12-17(23)20-15-5-3-4-6-16(15)21-18(24)14-9-7-13(11-19)8-10-14/h3-10H,11-12,19H2,1-2H3,(H,20,23)(H,21,24). The predicted molar refractivity (Wildman–Crippen MR) is 95.9 cm³/mol. The normalized spacial score (nSPS) is 10.5. The Labute approximate surface area is 141 Å². The zero-order valence-corrected chi connectivity index (χ0v) is 13.9. The van der Waals surface area contributed by atoms with Crippen LogP contribution in [-0.4, -0.2) is 37.4 Å². The molecule has 6 nitrogen and oxygen atoms in total. The van der Waals surface area contributed by atoms with Gasteiger partial charge in [-0.15, -0.1) is 0 Å². The maximum atomic E-state index is 12.4. The first kappa shape index (κ1) is 17.7. The van der Waals surface area contributed by atoms with Crippen molar-refractivity contribution >= 4 is 23.2 Å². The Morgan fingerprint density at radius 3 is 2.08 bits per heavy atom. The minimum absolute atomic E-state index is 0.144. The summed E-state index contributed by atoms with van der Waals surface area (Å²) in [7, 11) is 3.64. The summed E-state index contributed by atoms with van der Waals surface area (Å²) in [5.74, 6) is -0.387. The van der Waals surface area contributed by atoms with Crippen LogP contribution in [0.1, 0.15) is 15.9 Å². The molecule has 6 heteroatoms. The Bertz CT molecular complexity index is 711. The lowest BCUT2D eigenvalue weighted by Crippen LogP contribution is -2.27. The molecule has 0 bridgehead atoms. The lowest BCUT2D eigenvalue weighted by Gasteiger charge is -2.14. The summed E-state index contributed by atoms with van der Waals surface area (Å²) in [6.45, 7) is 0.700. The molecular formula is C18H22N4O2. The number of hydrogen-bond acceptors (Lipinski definition) is 4. The molecule has 0 atom stereocenters. The van der Waals surface area contributed by atoms with Crippen molar-refractivity contribution in [1.29, 1.82) is 0 Å². The van der Waals surface area contributed by atoms with Crippen LogP contribution in [0.2, 0.25) is 0 Å². The fraction of sp³-hybridized carbons (Fsp3) is 0.222. The van der Waals surface area contributed by atoms with Crippen LogP contribution >= 0.6 is 0 Å². The number of carbonyl (C=O) groups is 2. The van der Waals surface area contributed by atoms with Crippen LogP contribution in [0.25, 0.3) is 0 Å². The van der Waals surface area contributed by atoms with Crippen molar-refractivity contribution in [2.45, 2.75) is 6.54 Å². The fourth-order valence-corrected chi connectivity index (χ4v) is 2.16. The molecule has 2 aromatic carbocycles. The quantitative estimate of drug-likeness (QED) is 0.756. The molecule has 4 N–H and O–H groups in total. The second kappa shape index (κ2) is 8.24. The van der Waals surface area contributed by atoms with E-state index in [2.05, 4.69) is 10.6 Å². The monoisotopic (exact) mass is 326 g/mol. The van der Waals surface area contributed by atoms with Gasteiger partial charge in [0.2, 0.25) is 5.91 Å². The second-order valence-electron chi connectivity index (χ2n) is 5.69. The van der Waals surface area contributed by atoms with Gasteiger partial charge in [-0.2, -0.15) is 0 Å². The molecule has 0 aromatic heterocycles. The van der Waals surface area contributed by atoms with Crippen LogP contribution < -0.4 is 16.4 Å². The summed E-state index contributed by atoms with van der Waals surface area (Å²) < 4.78 is 0. The maximum absolute atomic E-state index is 12.4. The number of nitrogens with zero attached hydrogens (tertiary/aromatic N) is 1. The van der Waals surface area contributed by atoms with Crippen molar-refractivity contribution in [3.63, 3.8) is 0 Å². The highest BCUT2D eigenvalue weighted by Crippen LogP contribution is 2.21. The van der Waals surface area contributed by atoms with E-state index >= 15 is 0 Å². The van der Waals surface area contributed by atoms with Gasteiger partial charge in [0.1, 0.15) is 0 Å². The smallest absolute Gasteiger partial charge is 0.255 e. The summed E-state index contributed by atoms with van der Waals surface area (Å²) in [6.07, 6.45) is 0. The number of hydrogen-bond donors (Lipinski definition) is 3. The molecule has 126 valence electrons. The molecule has 0 aliphatic carbocycles. The molecule has 0 saturated carbocycles. The molecular weight excluding hydrogens is 304 g/mol. The van der Waals surface area contributed by atoms with Gasteiger partial charge in [0.15, 0.2) is 0 Å². The molecule has 0 aliphatic heterocycles. The highest BCUT2D eigenvalue weighted by atomic mass is 16.2. The number of nitrogens with one attached hydrogen (secondary N) is 2. The van der Waals surface area contributed by atoms with Gasteiger partial charge in [-0.1, -0.05) is 24.3 Å². The van der Waals surface area contributed by atoms with Crippen molar-refractivity contribution < 1.29 is 9.59 Å². The number of likely N-dealkylation sites (N-methyl/N-ethyl adjacent to an activating group) is 1. The average molecular weight is 326 g/mol. The molecule has 0 fully saturated rings. The van der Waals surface area contributed by atoms with Gasteiger partial charge in [-0.05, 0) is 43.9 Å². The number of carbonyl (C=O) groups excluding carboxylic acids is 2. The van der Waals surface area contributed by atoms with E-state index < -0.39 is 0 Å². The van der Waals surface area contributed by atoms with Gasteiger partial charge >= 0.3 is 0 Å². The van der Waals surface area contributed by atoms with Crippen molar-refractivity contribution in [3.05, 3.63) is 59.7 Å². The summed E-state index contributed by atoms with van der Waals surface area (Å²) in [6, 6.07) is 14.2. The number of rotatable bonds is 6. The fourth-order valence-electron chi connectivity index (χ4n) is 2.16. The van der Waals surface area contributed by atoms with Crippen LogP contribution in [0.5, 0.6) is 0 Å². The van der Waals surface area contributed by atoms with Crippen LogP contribution in [0, 0.1) is 0 Å². The van der Waals surface area contributed by atoms with Gasteiger partial charge in [0.25, 0.3) is 5.91 Å². The average Bonchev–Trinajstić information content (AvgIpc) is 2.56. The van der Waals surface area contributed by atoms with Gasteiger partial charge in [0.05, 0.1) is 17.9 Å². The molecule has 2 aromatic rings. The van der Waals surface area contributed by atoms with Crippen molar-refractivity contribution in [1.82, 2.24) is 4.90 Å². The minimum Gasteiger partial charge on any atom is -0.326 e. The zero-order chi connectivity index (χ0) is 17.5. The molecule has 24 heavy (non-hydrogen) atoms. The number of amides is 2. The van der Waals surface area contributed by atoms with Crippen molar-refractivity contribution in [2.24, 2.45) is 5.73 Å². The lowest BCUT2D eigenvalue weighted by molar-refractivity contribution is -0.116. The Morgan fingerprint density at radius 2 is 1.54 bits per heavy atom. The summed E-state index contributed by atoms with van der Waals surface area (Å²) in [5, 5.41) is 5.63. The van der Waals surface area contributed by atoms with Crippen molar-refractivity contribution in [2.75, 3.05) is 31.3 Å². The summed E-state index contributed by atoms with van der Waals surface area (Å²) in [5.41, 5.74) is 8.17. The SMILES string of the molecule is CN(C)CC(=O)Nc1ccccc1NC(=O)c1ccc(CN)cc1. The number of para-hydroxylation sites is 2. The third-order valence-electron chi connectivity index (χ3n) is 3.36. The number of benzene rings is 2. The molecule has 0 unspecified atom stereocenters. The Morgan fingerprint density at radius 1 is 0.958 bits per heavy atom. The second-order valence-corrected chi connectivity index (χ2v) is 5.69. The molecule has 0 heterocycles. The molecule has 2 amide bonds. The first-order chi connectivity index (χ1) is 11.5. The van der Waals surface area contributed by atoms with E-state index in [1.54, 1.807) is 41.3 Å². The summed E-state index contributed by atoms with van der Waals surface area (Å²) in [4.78, 5) is 26.1. The van der Waals surface area contributed by atoms with Crippen LogP contribution in [0.4, 0.5) is 11.4 Å². The topological polar surface area (TPSA) is 87.5 Å². The lowest BCUT2D eigenvalue weighted by atomic mass is 10.1. The van der Waals surface area contributed by atoms with E-state index in [-0.39, 0.29) is 18.4 Å². The van der Waals surface area contributed by atoms with E-state index in [0.29, 0.717) is 23.5 Å². The van der Waals surface area contributed by atoms with Crippen LogP contribution in [0.3, 0.4) is 0 Å². The van der Waals surface area contributed by atoms with Gasteiger partial charge in [0, 0.05) is 12.1 Å². The predicted octanol–water partition coefficient (Wildman–Crippen LogP) is 1.90. The van der Waals surface area contributed by atoms with E-state index in [1.807, 2.05) is 26.2 Å². The largest absolute Gasteiger partial charge is 0.326 e. The van der Waals surface area contributed by atoms with E-state index in [9.17, 15) is 9.59 Å². The third-order valence-corrected chi connectivity index (χ3v) is 3.36. The van der Waals surface area contributed by atoms with Crippen LogP contribution in [0.15, 0.2) is 48.5 Å². The van der Waals surface area contributed by atoms with Crippen LogP contribution in [-0.2, 0) is 11.3 Å².